The quantitative estimate of drug-likeness (QED) is 0.524. The van der Waals surface area contributed by atoms with Gasteiger partial charge >= 0.3 is 0 Å². The number of aromatic nitrogens is 1. The molecule has 0 saturated heterocycles. The molecule has 0 bridgehead atoms. The zero-order valence-electron chi connectivity index (χ0n) is 10.2. The lowest BCUT2D eigenvalue weighted by Gasteiger charge is -2.15. The summed E-state index contributed by atoms with van der Waals surface area (Å²) in [6.07, 6.45) is 2.67. The molecule has 1 atom stereocenters. The number of rotatable bonds is 2. The van der Waals surface area contributed by atoms with E-state index in [-0.39, 0.29) is 5.56 Å². The van der Waals surface area contributed by atoms with E-state index in [0.717, 1.165) is 0 Å². The van der Waals surface area contributed by atoms with Crippen molar-refractivity contribution in [1.29, 1.82) is 0 Å². The van der Waals surface area contributed by atoms with E-state index in [4.69, 9.17) is 5.73 Å². The van der Waals surface area contributed by atoms with Gasteiger partial charge in [0.05, 0.1) is 11.6 Å². The van der Waals surface area contributed by atoms with Gasteiger partial charge in [-0.05, 0) is 18.1 Å². The zero-order valence-corrected chi connectivity index (χ0v) is 10.2. The molecule has 0 amide bonds. The van der Waals surface area contributed by atoms with E-state index in [1.165, 1.54) is 18.5 Å². The standard InChI is InChI=1S/C13H9F5N2/c1-5-2-6(4-20-3-5)13(19)7-8(14)10(16)12(18)11(17)9(7)15/h2-4,13H,19H2,1H3. The van der Waals surface area contributed by atoms with Gasteiger partial charge in [0.1, 0.15) is 0 Å². The Bertz CT molecular complexity index is 643. The molecule has 0 spiro atoms. The van der Waals surface area contributed by atoms with E-state index in [2.05, 4.69) is 4.98 Å². The summed E-state index contributed by atoms with van der Waals surface area (Å²) in [5, 5.41) is 0. The first-order chi connectivity index (χ1) is 9.34. The maximum Gasteiger partial charge on any atom is 0.200 e. The van der Waals surface area contributed by atoms with Crippen molar-refractivity contribution < 1.29 is 22.0 Å². The summed E-state index contributed by atoms with van der Waals surface area (Å²) in [5.41, 5.74) is 5.31. The molecule has 1 unspecified atom stereocenters. The number of nitrogens with zero attached hydrogens (tertiary/aromatic N) is 1. The Morgan fingerprint density at radius 1 is 0.900 bits per heavy atom. The Morgan fingerprint density at radius 3 is 1.90 bits per heavy atom. The number of nitrogens with two attached hydrogens (primary N) is 1. The van der Waals surface area contributed by atoms with E-state index in [9.17, 15) is 22.0 Å². The van der Waals surface area contributed by atoms with Crippen LogP contribution in [0.1, 0.15) is 22.7 Å². The molecule has 20 heavy (non-hydrogen) atoms. The molecule has 7 heteroatoms. The number of hydrogen-bond acceptors (Lipinski definition) is 2. The van der Waals surface area contributed by atoms with Crippen LogP contribution in [0.3, 0.4) is 0 Å². The lowest BCUT2D eigenvalue weighted by Crippen LogP contribution is -2.19. The largest absolute Gasteiger partial charge is 0.320 e. The van der Waals surface area contributed by atoms with Crippen LogP contribution in [-0.2, 0) is 0 Å². The molecule has 0 aliphatic rings. The van der Waals surface area contributed by atoms with Crippen LogP contribution in [0.25, 0.3) is 0 Å². The fourth-order valence-electron chi connectivity index (χ4n) is 1.81. The first-order valence-electron chi connectivity index (χ1n) is 5.53. The van der Waals surface area contributed by atoms with Crippen molar-refractivity contribution in [2.75, 3.05) is 0 Å². The van der Waals surface area contributed by atoms with Gasteiger partial charge in [0.25, 0.3) is 0 Å². The second kappa shape index (κ2) is 5.16. The molecule has 2 aromatic rings. The molecule has 0 saturated carbocycles. The smallest absolute Gasteiger partial charge is 0.200 e. The van der Waals surface area contributed by atoms with Gasteiger partial charge in [-0.1, -0.05) is 6.07 Å². The van der Waals surface area contributed by atoms with E-state index in [1.807, 2.05) is 0 Å². The summed E-state index contributed by atoms with van der Waals surface area (Å²) in [6.45, 7) is 1.65. The second-order valence-corrected chi connectivity index (χ2v) is 4.26. The predicted molar refractivity (Wildman–Crippen MR) is 61.2 cm³/mol. The molecule has 0 aliphatic carbocycles. The highest BCUT2D eigenvalue weighted by Crippen LogP contribution is 2.29. The predicted octanol–water partition coefficient (Wildman–Crippen LogP) is 3.13. The van der Waals surface area contributed by atoms with Gasteiger partial charge in [0, 0.05) is 12.4 Å². The van der Waals surface area contributed by atoms with Crippen molar-refractivity contribution in [3.8, 4) is 0 Å². The van der Waals surface area contributed by atoms with E-state index in [0.29, 0.717) is 5.56 Å². The highest BCUT2D eigenvalue weighted by atomic mass is 19.2. The van der Waals surface area contributed by atoms with Crippen molar-refractivity contribution in [3.63, 3.8) is 0 Å². The van der Waals surface area contributed by atoms with E-state index >= 15 is 0 Å². The number of pyridine rings is 1. The van der Waals surface area contributed by atoms with Crippen molar-refractivity contribution >= 4 is 0 Å². The fourth-order valence-corrected chi connectivity index (χ4v) is 1.81. The summed E-state index contributed by atoms with van der Waals surface area (Å²) >= 11 is 0. The zero-order chi connectivity index (χ0) is 15.0. The van der Waals surface area contributed by atoms with Crippen LogP contribution in [0.15, 0.2) is 18.5 Å². The van der Waals surface area contributed by atoms with Crippen LogP contribution < -0.4 is 5.73 Å². The normalized spacial score (nSPS) is 12.6. The molecule has 0 radical (unpaired) electrons. The first-order valence-corrected chi connectivity index (χ1v) is 5.53. The summed E-state index contributed by atoms with van der Waals surface area (Å²) in [7, 11) is 0. The van der Waals surface area contributed by atoms with Crippen LogP contribution in [0.4, 0.5) is 22.0 Å². The molecule has 2 N–H and O–H groups in total. The third-order valence-corrected chi connectivity index (χ3v) is 2.81. The Labute approximate surface area is 111 Å². The Morgan fingerprint density at radius 2 is 1.40 bits per heavy atom. The number of benzene rings is 1. The Hall–Kier alpha value is -2.02. The minimum Gasteiger partial charge on any atom is -0.320 e. The van der Waals surface area contributed by atoms with Crippen LogP contribution in [0.2, 0.25) is 0 Å². The molecular formula is C13H9F5N2. The molecule has 1 heterocycles. The summed E-state index contributed by atoms with van der Waals surface area (Å²) in [6, 6.07) is -0.0533. The topological polar surface area (TPSA) is 38.9 Å². The van der Waals surface area contributed by atoms with Crippen molar-refractivity contribution in [2.45, 2.75) is 13.0 Å². The lowest BCUT2D eigenvalue weighted by atomic mass is 9.98. The third-order valence-electron chi connectivity index (χ3n) is 2.81. The average Bonchev–Trinajstić information content (AvgIpc) is 2.43. The molecule has 1 aromatic heterocycles. The maximum absolute atomic E-state index is 13.6. The molecule has 0 fully saturated rings. The lowest BCUT2D eigenvalue weighted by molar-refractivity contribution is 0.367. The number of halogens is 5. The minimum atomic E-state index is -2.21. The Balaban J connectivity index is 2.64. The van der Waals surface area contributed by atoms with Crippen molar-refractivity contribution in [1.82, 2.24) is 4.98 Å². The molecular weight excluding hydrogens is 279 g/mol. The molecule has 2 nitrogen and oxygen atoms in total. The highest BCUT2D eigenvalue weighted by Gasteiger charge is 2.29. The summed E-state index contributed by atoms with van der Waals surface area (Å²) in [5.74, 6) is -10.1. The van der Waals surface area contributed by atoms with Crippen LogP contribution >= 0.6 is 0 Å². The number of aryl methyl sites for hydroxylation is 1. The first kappa shape index (κ1) is 14.4. The summed E-state index contributed by atoms with van der Waals surface area (Å²) in [4.78, 5) is 3.77. The maximum atomic E-state index is 13.6. The molecule has 0 aliphatic heterocycles. The van der Waals surface area contributed by atoms with E-state index < -0.39 is 40.7 Å². The van der Waals surface area contributed by atoms with Gasteiger partial charge in [-0.2, -0.15) is 0 Å². The number of hydrogen-bond donors (Lipinski definition) is 1. The van der Waals surface area contributed by atoms with Crippen molar-refractivity contribution in [2.24, 2.45) is 5.73 Å². The average molecular weight is 288 g/mol. The molecule has 2 rings (SSSR count). The van der Waals surface area contributed by atoms with E-state index in [1.54, 1.807) is 6.92 Å². The SMILES string of the molecule is Cc1cncc(C(N)c2c(F)c(F)c(F)c(F)c2F)c1. The van der Waals surface area contributed by atoms with Gasteiger partial charge < -0.3 is 5.73 Å². The second-order valence-electron chi connectivity index (χ2n) is 4.26. The van der Waals surface area contributed by atoms with Crippen LogP contribution in [0.5, 0.6) is 0 Å². The van der Waals surface area contributed by atoms with Gasteiger partial charge in [-0.25, -0.2) is 22.0 Å². The highest BCUT2D eigenvalue weighted by molar-refractivity contribution is 5.34. The molecule has 1 aromatic carbocycles. The van der Waals surface area contributed by atoms with Crippen LogP contribution in [-0.4, -0.2) is 4.98 Å². The third kappa shape index (κ3) is 2.24. The van der Waals surface area contributed by atoms with Gasteiger partial charge in [-0.3, -0.25) is 4.98 Å². The minimum absolute atomic E-state index is 0.146. The summed E-state index contributed by atoms with van der Waals surface area (Å²) < 4.78 is 66.4. The fraction of sp³-hybridized carbons (Fsp3) is 0.154. The van der Waals surface area contributed by atoms with Gasteiger partial charge in [0.2, 0.25) is 5.82 Å². The van der Waals surface area contributed by atoms with Crippen molar-refractivity contribution in [3.05, 3.63) is 64.2 Å². The Kier molecular flexibility index (Phi) is 3.71. The monoisotopic (exact) mass is 288 g/mol. The van der Waals surface area contributed by atoms with Gasteiger partial charge in [-0.15, -0.1) is 0 Å². The molecule has 106 valence electrons. The van der Waals surface area contributed by atoms with Crippen LogP contribution in [0, 0.1) is 36.0 Å². The van der Waals surface area contributed by atoms with Gasteiger partial charge in [0.15, 0.2) is 23.3 Å².